The van der Waals surface area contributed by atoms with Crippen LogP contribution in [0, 0.1) is 23.3 Å². The monoisotopic (exact) mass is 761 g/mol. The number of carbonyl (C=O) groups excluding carboxylic acids is 1. The fourth-order valence-corrected chi connectivity index (χ4v) is 6.27. The molecule has 0 spiro atoms. The van der Waals surface area contributed by atoms with E-state index in [1.807, 2.05) is 33.9 Å². The molecule has 3 nitrogen and oxygen atoms in total. The second kappa shape index (κ2) is 17.9. The summed E-state index contributed by atoms with van der Waals surface area (Å²) < 4.78 is 0. The van der Waals surface area contributed by atoms with Gasteiger partial charge in [-0.15, -0.1) is 29.1 Å². The van der Waals surface area contributed by atoms with Crippen molar-refractivity contribution in [2.75, 3.05) is 0 Å². The van der Waals surface area contributed by atoms with Crippen LogP contribution in [0.1, 0.15) is 123 Å². The van der Waals surface area contributed by atoms with Crippen LogP contribution in [-0.2, 0) is 31.3 Å². The van der Waals surface area contributed by atoms with Gasteiger partial charge >= 0.3 is 0 Å². The molecule has 1 radical (unpaired) electrons. The van der Waals surface area contributed by atoms with Crippen molar-refractivity contribution < 1.29 is 30.0 Å². The molecule has 4 rings (SSSR count). The number of aromatic nitrogens is 1. The first-order valence-electron chi connectivity index (χ1n) is 16.4. The molecule has 1 aromatic heterocycles. The van der Waals surface area contributed by atoms with Crippen molar-refractivity contribution in [2.45, 2.75) is 119 Å². The van der Waals surface area contributed by atoms with Crippen LogP contribution in [0.15, 0.2) is 60.5 Å². The molecule has 0 bridgehead atoms. The van der Waals surface area contributed by atoms with Gasteiger partial charge in [0.05, 0.1) is 5.76 Å². The standard InChI is InChI=1S/C26H30N.C13H24O2.Ir/c1-26(2,3)18-19-13-14-27-25(15-19)22-16-21-11-7-8-12-23(21)24(17-22)20-9-5-4-6-10-20;1-5-10(6-2)12(14)9-13(15)11(7-3)8-4;/h7-8,11-15,17,20H,4-6,9-10,18H2,1-3H3;9-11,14H,5-8H2,1-4H3;/q-1;;/b;12-9-;. The number of carbonyl (C=O) groups is 1. The van der Waals surface area contributed by atoms with Crippen LogP contribution in [0.25, 0.3) is 22.0 Å². The summed E-state index contributed by atoms with van der Waals surface area (Å²) >= 11 is 0. The van der Waals surface area contributed by atoms with Gasteiger partial charge in [0.2, 0.25) is 0 Å². The number of aliphatic hydroxyl groups is 1. The Morgan fingerprint density at radius 3 is 2.19 bits per heavy atom. The van der Waals surface area contributed by atoms with Crippen LogP contribution in [0.4, 0.5) is 0 Å². The number of nitrogens with zero attached hydrogens (tertiary/aromatic N) is 1. The van der Waals surface area contributed by atoms with Gasteiger partial charge in [-0.2, -0.15) is 0 Å². The van der Waals surface area contributed by atoms with Gasteiger partial charge in [-0.25, -0.2) is 0 Å². The molecule has 1 fully saturated rings. The van der Waals surface area contributed by atoms with E-state index in [4.69, 9.17) is 4.98 Å². The van der Waals surface area contributed by atoms with E-state index in [0.717, 1.165) is 43.4 Å². The Balaban J connectivity index is 0.000000348. The SMILES string of the molecule is CC(C)(C)Cc1ccnc(-c2[c-]c3ccccc3c(C3CCCCC3)c2)c1.CCC(CC)C(=O)/C=C(\O)C(CC)CC.[Ir]. The summed E-state index contributed by atoms with van der Waals surface area (Å²) in [5, 5.41) is 12.4. The normalized spacial score (nSPS) is 14.4. The Hall–Kier alpha value is -2.29. The average molecular weight is 761 g/mol. The summed E-state index contributed by atoms with van der Waals surface area (Å²) in [5.41, 5.74) is 5.33. The number of aliphatic hydroxyl groups excluding tert-OH is 1. The third-order valence-corrected chi connectivity index (χ3v) is 8.77. The van der Waals surface area contributed by atoms with Crippen molar-refractivity contribution in [1.29, 1.82) is 0 Å². The molecular weight excluding hydrogens is 707 g/mol. The maximum Gasteiger partial charge on any atom is 0.162 e. The minimum Gasteiger partial charge on any atom is -0.512 e. The van der Waals surface area contributed by atoms with Gasteiger partial charge in [-0.1, -0.05) is 109 Å². The minimum absolute atomic E-state index is 0. The smallest absolute Gasteiger partial charge is 0.162 e. The Morgan fingerprint density at radius 2 is 1.58 bits per heavy atom. The number of hydrogen-bond donors (Lipinski definition) is 1. The molecular formula is C39H54IrNO2-. The van der Waals surface area contributed by atoms with E-state index in [1.54, 1.807) is 0 Å². The number of ketones is 1. The van der Waals surface area contributed by atoms with Gasteiger partial charge in [0.1, 0.15) is 0 Å². The van der Waals surface area contributed by atoms with E-state index in [9.17, 15) is 9.90 Å². The Morgan fingerprint density at radius 1 is 0.953 bits per heavy atom. The fourth-order valence-electron chi connectivity index (χ4n) is 6.27. The Labute approximate surface area is 275 Å². The van der Waals surface area contributed by atoms with Crippen LogP contribution >= 0.6 is 0 Å². The van der Waals surface area contributed by atoms with Crippen LogP contribution in [0.5, 0.6) is 0 Å². The first-order chi connectivity index (χ1) is 20.1. The first-order valence-corrected chi connectivity index (χ1v) is 16.4. The van der Waals surface area contributed by atoms with E-state index in [-0.39, 0.29) is 48.9 Å². The average Bonchev–Trinajstić information content (AvgIpc) is 2.98. The van der Waals surface area contributed by atoms with Crippen LogP contribution in [-0.4, -0.2) is 15.9 Å². The molecule has 1 aliphatic carbocycles. The second-order valence-electron chi connectivity index (χ2n) is 13.3. The zero-order valence-corrected chi connectivity index (χ0v) is 30.0. The predicted molar refractivity (Wildman–Crippen MR) is 179 cm³/mol. The number of pyridine rings is 1. The molecule has 1 aliphatic rings. The predicted octanol–water partition coefficient (Wildman–Crippen LogP) is 11.2. The van der Waals surface area contributed by atoms with Gasteiger partial charge in [0.25, 0.3) is 0 Å². The molecule has 1 heterocycles. The maximum absolute atomic E-state index is 11.7. The second-order valence-corrected chi connectivity index (χ2v) is 13.3. The van der Waals surface area contributed by atoms with Gasteiger partial charge in [0, 0.05) is 49.9 Å². The van der Waals surface area contributed by atoms with Crippen molar-refractivity contribution in [3.63, 3.8) is 0 Å². The van der Waals surface area contributed by atoms with E-state index in [2.05, 4.69) is 69.3 Å². The fraction of sp³-hybridized carbons (Fsp3) is 0.538. The van der Waals surface area contributed by atoms with Crippen molar-refractivity contribution in [2.24, 2.45) is 17.3 Å². The number of allylic oxidation sites excluding steroid dienone is 2. The van der Waals surface area contributed by atoms with Crippen LogP contribution < -0.4 is 0 Å². The third kappa shape index (κ3) is 11.0. The Kier molecular flexibility index (Phi) is 15.3. The summed E-state index contributed by atoms with van der Waals surface area (Å²) in [7, 11) is 0. The third-order valence-electron chi connectivity index (χ3n) is 8.77. The molecule has 0 unspecified atom stereocenters. The number of benzene rings is 2. The van der Waals surface area contributed by atoms with Gasteiger partial charge in [-0.3, -0.25) is 9.78 Å². The number of rotatable bonds is 10. The summed E-state index contributed by atoms with van der Waals surface area (Å²) in [4.78, 5) is 16.4. The summed E-state index contributed by atoms with van der Waals surface area (Å²) in [5.74, 6) is 1.22. The molecule has 43 heavy (non-hydrogen) atoms. The molecule has 1 saturated carbocycles. The maximum atomic E-state index is 11.7. The van der Waals surface area contributed by atoms with Crippen molar-refractivity contribution in [3.8, 4) is 11.3 Å². The molecule has 0 amide bonds. The topological polar surface area (TPSA) is 50.2 Å². The van der Waals surface area contributed by atoms with E-state index in [1.165, 1.54) is 60.1 Å². The number of hydrogen-bond acceptors (Lipinski definition) is 3. The molecule has 0 aliphatic heterocycles. The Bertz CT molecular complexity index is 1310. The molecule has 237 valence electrons. The zero-order chi connectivity index (χ0) is 30.7. The molecule has 3 aromatic rings. The van der Waals surface area contributed by atoms with E-state index >= 15 is 0 Å². The molecule has 4 heteroatoms. The quantitative estimate of drug-likeness (QED) is 0.127. The molecule has 0 atom stereocenters. The molecule has 0 saturated heterocycles. The molecule has 1 N–H and O–H groups in total. The van der Waals surface area contributed by atoms with E-state index < -0.39 is 0 Å². The van der Waals surface area contributed by atoms with Crippen molar-refractivity contribution in [1.82, 2.24) is 4.98 Å². The summed E-state index contributed by atoms with van der Waals surface area (Å²) in [6.45, 7) is 14.9. The van der Waals surface area contributed by atoms with Gasteiger partial charge in [0.15, 0.2) is 5.78 Å². The van der Waals surface area contributed by atoms with E-state index in [0.29, 0.717) is 5.92 Å². The molecule has 2 aromatic carbocycles. The number of fused-ring (bicyclic) bond motifs is 1. The first kappa shape index (κ1) is 36.9. The summed E-state index contributed by atoms with van der Waals surface area (Å²) in [6, 6.07) is 19.2. The van der Waals surface area contributed by atoms with Crippen molar-refractivity contribution in [3.05, 3.63) is 77.7 Å². The van der Waals surface area contributed by atoms with Crippen LogP contribution in [0.2, 0.25) is 0 Å². The zero-order valence-electron chi connectivity index (χ0n) is 27.6. The van der Waals surface area contributed by atoms with Crippen molar-refractivity contribution >= 4 is 16.6 Å². The minimum atomic E-state index is 0. The summed E-state index contributed by atoms with van der Waals surface area (Å²) in [6.07, 6.45) is 14.6. The van der Waals surface area contributed by atoms with Crippen LogP contribution in [0.3, 0.4) is 0 Å². The van der Waals surface area contributed by atoms with Gasteiger partial charge < -0.3 is 5.11 Å². The van der Waals surface area contributed by atoms with Gasteiger partial charge in [-0.05, 0) is 62.3 Å². The largest absolute Gasteiger partial charge is 0.512 e.